The van der Waals surface area contributed by atoms with Gasteiger partial charge in [-0.2, -0.15) is 19.4 Å². The maximum atomic E-state index is 11.5. The van der Waals surface area contributed by atoms with Gasteiger partial charge in [-0.1, -0.05) is 6.92 Å². The predicted octanol–water partition coefficient (Wildman–Crippen LogP) is 3.13. The molecule has 0 unspecified atom stereocenters. The smallest absolute Gasteiger partial charge is 0.327 e. The first-order chi connectivity index (χ1) is 13.5. The molecule has 4 aromatic heterocycles. The molecular weight excluding hydrogens is 430 g/mol. The number of rotatable bonds is 5. The minimum absolute atomic E-state index is 0.00367. The average Bonchev–Trinajstić information content (AvgIpc) is 2.98. The number of aryl methyl sites for hydroxylation is 1. The van der Waals surface area contributed by atoms with Gasteiger partial charge in [0.15, 0.2) is 23.9 Å². The number of H-pyrrole nitrogens is 1. The Morgan fingerprint density at radius 3 is 2.29 bits per heavy atom. The number of aromatic amines is 1. The summed E-state index contributed by atoms with van der Waals surface area (Å²) in [7, 11) is 0. The quantitative estimate of drug-likeness (QED) is 0.374. The minimum Gasteiger partial charge on any atom is -0.619 e. The summed E-state index contributed by atoms with van der Waals surface area (Å²) in [4.78, 5) is 11.9. The van der Waals surface area contributed by atoms with E-state index in [1.165, 1.54) is 24.8 Å². The Hall–Kier alpha value is -3.40. The van der Waals surface area contributed by atoms with E-state index in [2.05, 4.69) is 30.9 Å². The van der Waals surface area contributed by atoms with Crippen LogP contribution >= 0.6 is 15.9 Å². The Bertz CT molecular complexity index is 1160. The molecule has 4 heterocycles. The first-order valence-corrected chi connectivity index (χ1v) is 9.14. The van der Waals surface area contributed by atoms with Gasteiger partial charge in [-0.25, -0.2) is 0 Å². The molecule has 10 heteroatoms. The lowest BCUT2D eigenvalue weighted by Crippen LogP contribution is -2.23. The van der Waals surface area contributed by atoms with Crippen molar-refractivity contribution >= 4 is 27.0 Å². The maximum absolute atomic E-state index is 11.5. The standard InChI is InChI=1S/C18H14BrN5O4/c1-2-13-15(19)14-16(20-13)21-18(28-12-6-4-8-24(26)10-12)22-17(14)27-11-5-3-7-23(25)9-11/h3-10H,2H2,1H3,(H,20,21,22). The number of hydrogen-bond donors (Lipinski definition) is 1. The zero-order valence-corrected chi connectivity index (χ0v) is 16.2. The summed E-state index contributed by atoms with van der Waals surface area (Å²) >= 11 is 3.55. The Kier molecular flexibility index (Phi) is 4.70. The van der Waals surface area contributed by atoms with Gasteiger partial charge in [0.05, 0.1) is 9.86 Å². The van der Waals surface area contributed by atoms with Crippen LogP contribution in [0.3, 0.4) is 0 Å². The fourth-order valence-electron chi connectivity index (χ4n) is 2.63. The molecule has 0 aliphatic heterocycles. The van der Waals surface area contributed by atoms with Crippen LogP contribution in [-0.4, -0.2) is 15.0 Å². The van der Waals surface area contributed by atoms with Crippen molar-refractivity contribution in [2.24, 2.45) is 0 Å². The van der Waals surface area contributed by atoms with Crippen molar-refractivity contribution < 1.29 is 18.9 Å². The van der Waals surface area contributed by atoms with Gasteiger partial charge in [-0.15, -0.1) is 0 Å². The van der Waals surface area contributed by atoms with Crippen LogP contribution in [0.15, 0.2) is 53.5 Å². The molecule has 0 spiro atoms. The number of aromatic nitrogens is 5. The van der Waals surface area contributed by atoms with Crippen LogP contribution in [0.2, 0.25) is 0 Å². The molecule has 9 nitrogen and oxygen atoms in total. The van der Waals surface area contributed by atoms with Crippen molar-refractivity contribution in [1.82, 2.24) is 15.0 Å². The average molecular weight is 444 g/mol. The topological polar surface area (TPSA) is 114 Å². The van der Waals surface area contributed by atoms with Crippen molar-refractivity contribution in [1.29, 1.82) is 0 Å². The number of ether oxygens (including phenoxy) is 2. The highest BCUT2D eigenvalue weighted by molar-refractivity contribution is 9.10. The fraction of sp³-hybridized carbons (Fsp3) is 0.111. The summed E-state index contributed by atoms with van der Waals surface area (Å²) in [5.41, 5.74) is 1.41. The van der Waals surface area contributed by atoms with E-state index in [0.29, 0.717) is 26.2 Å². The molecule has 1 N–H and O–H groups in total. The number of halogens is 1. The third kappa shape index (κ3) is 3.54. The van der Waals surface area contributed by atoms with E-state index >= 15 is 0 Å². The van der Waals surface area contributed by atoms with Crippen LogP contribution in [0.5, 0.6) is 23.4 Å². The molecule has 28 heavy (non-hydrogen) atoms. The molecule has 4 aromatic rings. The van der Waals surface area contributed by atoms with Crippen LogP contribution in [0, 0.1) is 10.4 Å². The third-order valence-electron chi connectivity index (χ3n) is 3.88. The van der Waals surface area contributed by atoms with Gasteiger partial charge in [0.1, 0.15) is 5.65 Å². The summed E-state index contributed by atoms with van der Waals surface area (Å²) in [5, 5.41) is 23.6. The van der Waals surface area contributed by atoms with E-state index in [-0.39, 0.29) is 17.6 Å². The van der Waals surface area contributed by atoms with Crippen LogP contribution < -0.4 is 18.9 Å². The number of nitrogens with zero attached hydrogens (tertiary/aromatic N) is 4. The van der Waals surface area contributed by atoms with E-state index in [9.17, 15) is 10.4 Å². The lowest BCUT2D eigenvalue weighted by molar-refractivity contribution is -0.605. The first-order valence-electron chi connectivity index (χ1n) is 8.35. The van der Waals surface area contributed by atoms with E-state index in [1.54, 1.807) is 24.3 Å². The molecule has 0 aliphatic carbocycles. The van der Waals surface area contributed by atoms with Gasteiger partial charge in [0, 0.05) is 17.8 Å². The maximum Gasteiger partial charge on any atom is 0.327 e. The van der Waals surface area contributed by atoms with E-state index in [4.69, 9.17) is 9.47 Å². The Morgan fingerprint density at radius 2 is 1.68 bits per heavy atom. The molecule has 0 fully saturated rings. The van der Waals surface area contributed by atoms with E-state index in [0.717, 1.165) is 16.6 Å². The van der Waals surface area contributed by atoms with E-state index in [1.807, 2.05) is 6.92 Å². The monoisotopic (exact) mass is 443 g/mol. The minimum atomic E-state index is -0.00367. The SMILES string of the molecule is CCc1[nH]c2nc(Oc3ccc[n+]([O-])c3)nc(Oc3ccc[n+]([O-])c3)c2c1Br. The number of hydrogen-bond acceptors (Lipinski definition) is 6. The van der Waals surface area contributed by atoms with Gasteiger partial charge in [-0.3, -0.25) is 0 Å². The summed E-state index contributed by atoms with van der Waals surface area (Å²) in [6.45, 7) is 2.00. The van der Waals surface area contributed by atoms with Crippen molar-refractivity contribution in [3.8, 4) is 23.4 Å². The summed E-state index contributed by atoms with van der Waals surface area (Å²) in [6.07, 6.45) is 5.97. The van der Waals surface area contributed by atoms with Crippen LogP contribution in [0.25, 0.3) is 11.0 Å². The molecule has 4 rings (SSSR count). The Morgan fingerprint density at radius 1 is 1.04 bits per heavy atom. The molecule has 0 amide bonds. The largest absolute Gasteiger partial charge is 0.619 e. The van der Waals surface area contributed by atoms with Crippen molar-refractivity contribution in [3.63, 3.8) is 0 Å². The molecule has 0 radical (unpaired) electrons. The molecule has 0 saturated carbocycles. The summed E-state index contributed by atoms with van der Waals surface area (Å²) < 4.78 is 13.5. The molecule has 0 aliphatic rings. The number of nitrogens with one attached hydrogen (secondary N) is 1. The molecule has 0 bridgehead atoms. The predicted molar refractivity (Wildman–Crippen MR) is 102 cm³/mol. The molecule has 0 saturated heterocycles. The highest BCUT2D eigenvalue weighted by Crippen LogP contribution is 2.37. The van der Waals surface area contributed by atoms with Gasteiger partial charge < -0.3 is 24.9 Å². The zero-order valence-electron chi connectivity index (χ0n) is 14.6. The molecular formula is C18H14BrN5O4. The molecule has 0 atom stereocenters. The number of pyridine rings is 2. The van der Waals surface area contributed by atoms with Crippen molar-refractivity contribution in [3.05, 3.63) is 69.6 Å². The second kappa shape index (κ2) is 7.31. The Labute approximate surface area is 167 Å². The first kappa shape index (κ1) is 18.0. The van der Waals surface area contributed by atoms with Gasteiger partial charge in [-0.05, 0) is 34.5 Å². The normalized spacial score (nSPS) is 10.9. The third-order valence-corrected chi connectivity index (χ3v) is 4.76. The lowest BCUT2D eigenvalue weighted by Gasteiger charge is -2.08. The van der Waals surface area contributed by atoms with Crippen LogP contribution in [0.1, 0.15) is 12.6 Å². The van der Waals surface area contributed by atoms with Crippen LogP contribution in [0.4, 0.5) is 0 Å². The van der Waals surface area contributed by atoms with Gasteiger partial charge in [0.2, 0.25) is 18.3 Å². The van der Waals surface area contributed by atoms with Crippen molar-refractivity contribution in [2.45, 2.75) is 13.3 Å². The van der Waals surface area contributed by atoms with Gasteiger partial charge >= 0.3 is 6.01 Å². The van der Waals surface area contributed by atoms with Crippen molar-refractivity contribution in [2.75, 3.05) is 0 Å². The molecule has 0 aromatic carbocycles. The second-order valence-electron chi connectivity index (χ2n) is 5.81. The zero-order chi connectivity index (χ0) is 19.7. The summed E-state index contributed by atoms with van der Waals surface area (Å²) in [6, 6.07) is 6.37. The Balaban J connectivity index is 1.81. The van der Waals surface area contributed by atoms with E-state index < -0.39 is 0 Å². The second-order valence-corrected chi connectivity index (χ2v) is 6.60. The highest BCUT2D eigenvalue weighted by Gasteiger charge is 2.20. The lowest BCUT2D eigenvalue weighted by atomic mass is 10.3. The molecule has 142 valence electrons. The highest BCUT2D eigenvalue weighted by atomic mass is 79.9. The summed E-state index contributed by atoms with van der Waals surface area (Å²) in [5.74, 6) is 0.799. The number of fused-ring (bicyclic) bond motifs is 1. The van der Waals surface area contributed by atoms with Crippen LogP contribution in [-0.2, 0) is 6.42 Å². The van der Waals surface area contributed by atoms with Gasteiger partial charge in [0.25, 0.3) is 0 Å². The fourth-order valence-corrected chi connectivity index (χ4v) is 3.36.